The van der Waals surface area contributed by atoms with Crippen molar-refractivity contribution < 1.29 is 14.3 Å². The summed E-state index contributed by atoms with van der Waals surface area (Å²) in [7, 11) is 0. The van der Waals surface area contributed by atoms with Crippen LogP contribution in [0.5, 0.6) is 0 Å². The van der Waals surface area contributed by atoms with Gasteiger partial charge in [0.2, 0.25) is 5.91 Å². The Morgan fingerprint density at radius 2 is 1.92 bits per heavy atom. The highest BCUT2D eigenvalue weighted by atomic mass is 16.6. The molecule has 2 saturated heterocycles. The third-order valence-corrected chi connectivity index (χ3v) is 5.05. The van der Waals surface area contributed by atoms with E-state index in [1.54, 1.807) is 4.90 Å². The lowest BCUT2D eigenvalue weighted by Crippen LogP contribution is -2.62. The van der Waals surface area contributed by atoms with Crippen LogP contribution in [-0.2, 0) is 16.0 Å². The van der Waals surface area contributed by atoms with Crippen molar-refractivity contribution in [3.63, 3.8) is 0 Å². The zero-order chi connectivity index (χ0) is 18.2. The topological polar surface area (TPSA) is 49.9 Å². The van der Waals surface area contributed by atoms with Gasteiger partial charge in [-0.3, -0.25) is 4.79 Å². The lowest BCUT2D eigenvalue weighted by molar-refractivity contribution is -0.136. The van der Waals surface area contributed by atoms with E-state index in [-0.39, 0.29) is 23.5 Å². The number of carbonyl (C=O) groups excluding carboxylic acids is 2. The lowest BCUT2D eigenvalue weighted by Gasteiger charge is -2.47. The number of hydrogen-bond donors (Lipinski definition) is 0. The van der Waals surface area contributed by atoms with Gasteiger partial charge in [-0.2, -0.15) is 0 Å². The molecule has 0 saturated carbocycles. The first-order valence-electron chi connectivity index (χ1n) is 9.04. The third kappa shape index (κ3) is 3.65. The standard InChI is InChI=1S/C20H28N2O3/c1-15-12-20(13-16-8-6-5-7-9-16)14-21(10-11-22(20)17(15)23)18(24)25-19(2,3)4/h5-9,15H,10-14H2,1-4H3/t15-,20-/m0/s1. The Labute approximate surface area is 149 Å². The maximum atomic E-state index is 12.6. The maximum Gasteiger partial charge on any atom is 0.410 e. The molecule has 1 aromatic rings. The molecule has 0 unspecified atom stereocenters. The summed E-state index contributed by atoms with van der Waals surface area (Å²) in [5, 5.41) is 0. The Morgan fingerprint density at radius 1 is 1.24 bits per heavy atom. The van der Waals surface area contributed by atoms with Crippen molar-refractivity contribution in [1.82, 2.24) is 9.80 Å². The summed E-state index contributed by atoms with van der Waals surface area (Å²) in [5.74, 6) is 0.210. The number of hydrogen-bond acceptors (Lipinski definition) is 3. The Bertz CT molecular complexity index is 653. The number of rotatable bonds is 2. The first-order valence-corrected chi connectivity index (χ1v) is 9.04. The van der Waals surface area contributed by atoms with Gasteiger partial charge in [-0.05, 0) is 39.2 Å². The van der Waals surface area contributed by atoms with Gasteiger partial charge in [0.05, 0.1) is 5.54 Å². The van der Waals surface area contributed by atoms with E-state index < -0.39 is 5.60 Å². The van der Waals surface area contributed by atoms with Crippen LogP contribution in [0.15, 0.2) is 30.3 Å². The van der Waals surface area contributed by atoms with Gasteiger partial charge in [-0.25, -0.2) is 4.79 Å². The Balaban J connectivity index is 1.84. The summed E-state index contributed by atoms with van der Waals surface area (Å²) in [6.07, 6.45) is 1.26. The van der Waals surface area contributed by atoms with Gasteiger partial charge < -0.3 is 14.5 Å². The second-order valence-electron chi connectivity index (χ2n) is 8.38. The zero-order valence-electron chi connectivity index (χ0n) is 15.6. The highest BCUT2D eigenvalue weighted by Gasteiger charge is 2.52. The Kier molecular flexibility index (Phi) is 4.52. The SMILES string of the molecule is C[C@H]1C[C@]2(Cc3ccccc3)CN(C(=O)OC(C)(C)C)CCN2C1=O. The summed E-state index contributed by atoms with van der Waals surface area (Å²) >= 11 is 0. The number of amides is 2. The van der Waals surface area contributed by atoms with E-state index >= 15 is 0 Å². The van der Waals surface area contributed by atoms with Crippen LogP contribution >= 0.6 is 0 Å². The van der Waals surface area contributed by atoms with Gasteiger partial charge in [0.1, 0.15) is 5.60 Å². The summed E-state index contributed by atoms with van der Waals surface area (Å²) < 4.78 is 5.56. The van der Waals surface area contributed by atoms with E-state index in [0.717, 1.165) is 12.8 Å². The predicted molar refractivity (Wildman–Crippen MR) is 96.2 cm³/mol. The molecule has 0 bridgehead atoms. The van der Waals surface area contributed by atoms with E-state index in [9.17, 15) is 9.59 Å². The van der Waals surface area contributed by atoms with E-state index in [0.29, 0.717) is 19.6 Å². The van der Waals surface area contributed by atoms with Crippen molar-refractivity contribution >= 4 is 12.0 Å². The molecule has 0 aliphatic carbocycles. The molecule has 0 aromatic heterocycles. The van der Waals surface area contributed by atoms with Gasteiger partial charge in [0.15, 0.2) is 0 Å². The average Bonchev–Trinajstić information content (AvgIpc) is 2.77. The number of piperazine rings is 1. The van der Waals surface area contributed by atoms with Crippen LogP contribution in [0.4, 0.5) is 4.79 Å². The fourth-order valence-electron chi connectivity index (χ4n) is 4.10. The second-order valence-corrected chi connectivity index (χ2v) is 8.38. The molecule has 136 valence electrons. The molecular weight excluding hydrogens is 316 g/mol. The van der Waals surface area contributed by atoms with Crippen molar-refractivity contribution in [1.29, 1.82) is 0 Å². The van der Waals surface area contributed by atoms with E-state index in [2.05, 4.69) is 12.1 Å². The number of nitrogens with zero attached hydrogens (tertiary/aromatic N) is 2. The molecule has 2 aliphatic heterocycles. The third-order valence-electron chi connectivity index (χ3n) is 5.05. The molecule has 0 N–H and O–H groups in total. The first-order chi connectivity index (χ1) is 11.7. The van der Waals surface area contributed by atoms with Crippen LogP contribution in [0.1, 0.15) is 39.7 Å². The van der Waals surface area contributed by atoms with Crippen molar-refractivity contribution in [2.75, 3.05) is 19.6 Å². The molecule has 5 nitrogen and oxygen atoms in total. The van der Waals surface area contributed by atoms with Crippen molar-refractivity contribution in [2.24, 2.45) is 5.92 Å². The number of carbonyl (C=O) groups is 2. The quantitative estimate of drug-likeness (QED) is 0.828. The monoisotopic (exact) mass is 344 g/mol. The lowest BCUT2D eigenvalue weighted by atomic mass is 9.84. The summed E-state index contributed by atoms with van der Waals surface area (Å²) in [6.45, 7) is 9.27. The highest BCUT2D eigenvalue weighted by molar-refractivity contribution is 5.83. The summed E-state index contributed by atoms with van der Waals surface area (Å²) in [5.41, 5.74) is 0.354. The summed E-state index contributed by atoms with van der Waals surface area (Å²) in [6, 6.07) is 10.2. The second kappa shape index (κ2) is 6.36. The number of benzene rings is 1. The Hall–Kier alpha value is -2.04. The molecule has 0 spiro atoms. The molecule has 2 fully saturated rings. The molecular formula is C20H28N2O3. The fraction of sp³-hybridized carbons (Fsp3) is 0.600. The van der Waals surface area contributed by atoms with Gasteiger partial charge in [-0.1, -0.05) is 37.3 Å². The van der Waals surface area contributed by atoms with Crippen LogP contribution in [0.3, 0.4) is 0 Å². The number of fused-ring (bicyclic) bond motifs is 1. The van der Waals surface area contributed by atoms with Crippen LogP contribution in [0, 0.1) is 5.92 Å². The first kappa shape index (κ1) is 17.8. The van der Waals surface area contributed by atoms with Crippen LogP contribution in [0.2, 0.25) is 0 Å². The van der Waals surface area contributed by atoms with Crippen molar-refractivity contribution in [3.05, 3.63) is 35.9 Å². The van der Waals surface area contributed by atoms with Gasteiger partial charge in [0, 0.05) is 25.6 Å². The predicted octanol–water partition coefficient (Wildman–Crippen LogP) is 3.09. The normalized spacial score (nSPS) is 26.6. The maximum absolute atomic E-state index is 12.6. The highest BCUT2D eigenvalue weighted by Crippen LogP contribution is 2.39. The fourth-order valence-corrected chi connectivity index (χ4v) is 4.10. The van der Waals surface area contributed by atoms with Crippen LogP contribution in [0.25, 0.3) is 0 Å². The smallest absolute Gasteiger partial charge is 0.410 e. The minimum atomic E-state index is -0.514. The van der Waals surface area contributed by atoms with Crippen molar-refractivity contribution in [2.45, 2.75) is 51.7 Å². The van der Waals surface area contributed by atoms with Crippen LogP contribution in [-0.4, -0.2) is 52.6 Å². The van der Waals surface area contributed by atoms with Gasteiger partial charge in [-0.15, -0.1) is 0 Å². The van der Waals surface area contributed by atoms with Crippen molar-refractivity contribution in [3.8, 4) is 0 Å². The minimum Gasteiger partial charge on any atom is -0.444 e. The van der Waals surface area contributed by atoms with E-state index in [4.69, 9.17) is 4.74 Å². The molecule has 3 rings (SSSR count). The number of ether oxygens (including phenoxy) is 1. The van der Waals surface area contributed by atoms with E-state index in [1.807, 2.05) is 50.8 Å². The van der Waals surface area contributed by atoms with Gasteiger partial charge in [0.25, 0.3) is 0 Å². The Morgan fingerprint density at radius 3 is 2.56 bits per heavy atom. The molecule has 2 amide bonds. The van der Waals surface area contributed by atoms with E-state index in [1.165, 1.54) is 5.56 Å². The molecule has 2 heterocycles. The zero-order valence-corrected chi connectivity index (χ0v) is 15.6. The molecule has 2 atom stereocenters. The van der Waals surface area contributed by atoms with Crippen LogP contribution < -0.4 is 0 Å². The molecule has 5 heteroatoms. The minimum absolute atomic E-state index is 0.00213. The summed E-state index contributed by atoms with van der Waals surface area (Å²) in [4.78, 5) is 29.0. The molecule has 1 aromatic carbocycles. The average molecular weight is 344 g/mol. The molecule has 25 heavy (non-hydrogen) atoms. The molecule has 0 radical (unpaired) electrons. The molecule has 2 aliphatic rings. The largest absolute Gasteiger partial charge is 0.444 e. The van der Waals surface area contributed by atoms with Gasteiger partial charge >= 0.3 is 6.09 Å².